The Kier molecular flexibility index (Phi) is 4.20. The summed E-state index contributed by atoms with van der Waals surface area (Å²) in [6.45, 7) is 4.07. The molecule has 1 aromatic rings. The molecule has 2 fully saturated rings. The maximum atomic E-state index is 14.4. The predicted octanol–water partition coefficient (Wildman–Crippen LogP) is 3.33. The van der Waals surface area contributed by atoms with Crippen LogP contribution in [0.5, 0.6) is 0 Å². The molecule has 2 nitrogen and oxygen atoms in total. The molecule has 2 aliphatic rings. The van der Waals surface area contributed by atoms with Crippen LogP contribution in [0, 0.1) is 11.7 Å². The molecule has 1 atom stereocenters. The quantitative estimate of drug-likeness (QED) is 0.916. The smallest absolute Gasteiger partial charge is 0.142 e. The van der Waals surface area contributed by atoms with Gasteiger partial charge in [-0.2, -0.15) is 0 Å². The molecule has 0 spiro atoms. The van der Waals surface area contributed by atoms with Gasteiger partial charge in [0.05, 0.1) is 4.47 Å². The third-order valence-corrected chi connectivity index (χ3v) is 5.05. The van der Waals surface area contributed by atoms with Gasteiger partial charge in [-0.15, -0.1) is 0 Å². The summed E-state index contributed by atoms with van der Waals surface area (Å²) in [6.07, 6.45) is 3.77. The van der Waals surface area contributed by atoms with Gasteiger partial charge in [-0.25, -0.2) is 4.39 Å². The lowest BCUT2D eigenvalue weighted by molar-refractivity contribution is 0.0811. The zero-order chi connectivity index (χ0) is 13.2. The third-order valence-electron chi connectivity index (χ3n) is 4.44. The van der Waals surface area contributed by atoms with E-state index < -0.39 is 0 Å². The summed E-state index contributed by atoms with van der Waals surface area (Å²) >= 11 is 3.32. The minimum Gasteiger partial charge on any atom is -0.314 e. The normalized spacial score (nSPS) is 23.1. The van der Waals surface area contributed by atoms with Crippen LogP contribution in [0.3, 0.4) is 0 Å². The Hall–Kier alpha value is -0.450. The average molecular weight is 327 g/mol. The highest BCUT2D eigenvalue weighted by molar-refractivity contribution is 9.10. The molecule has 1 N–H and O–H groups in total. The van der Waals surface area contributed by atoms with Crippen molar-refractivity contribution in [2.45, 2.75) is 25.3 Å². The molecule has 0 amide bonds. The van der Waals surface area contributed by atoms with Crippen molar-refractivity contribution in [2.75, 3.05) is 26.2 Å². The first kappa shape index (κ1) is 13.5. The van der Waals surface area contributed by atoms with Crippen LogP contribution in [0.4, 0.5) is 4.39 Å². The zero-order valence-electron chi connectivity index (χ0n) is 11.0. The summed E-state index contributed by atoms with van der Waals surface area (Å²) in [6, 6.07) is 5.96. The minimum absolute atomic E-state index is 0.0714. The van der Waals surface area contributed by atoms with Gasteiger partial charge in [0.25, 0.3) is 0 Å². The Morgan fingerprint density at radius 2 is 2.00 bits per heavy atom. The van der Waals surface area contributed by atoms with Gasteiger partial charge in [-0.3, -0.25) is 4.90 Å². The van der Waals surface area contributed by atoms with Crippen LogP contribution in [0.15, 0.2) is 22.7 Å². The van der Waals surface area contributed by atoms with Crippen LogP contribution in [-0.4, -0.2) is 31.1 Å². The lowest BCUT2D eigenvalue weighted by Crippen LogP contribution is -2.48. The molecule has 0 bridgehead atoms. The average Bonchev–Trinajstić information content (AvgIpc) is 2.38. The maximum Gasteiger partial charge on any atom is 0.142 e. The van der Waals surface area contributed by atoms with Gasteiger partial charge < -0.3 is 5.32 Å². The zero-order valence-corrected chi connectivity index (χ0v) is 12.6. The van der Waals surface area contributed by atoms with Gasteiger partial charge in [0, 0.05) is 37.8 Å². The lowest BCUT2D eigenvalue weighted by atomic mass is 9.76. The molecule has 0 unspecified atom stereocenters. The number of benzene rings is 1. The van der Waals surface area contributed by atoms with E-state index in [4.69, 9.17) is 0 Å². The van der Waals surface area contributed by atoms with Crippen LogP contribution >= 0.6 is 15.9 Å². The summed E-state index contributed by atoms with van der Waals surface area (Å²) in [5.74, 6) is 0.555. The third kappa shape index (κ3) is 2.71. The molecular weight excluding hydrogens is 307 g/mol. The number of rotatable bonds is 3. The van der Waals surface area contributed by atoms with Crippen molar-refractivity contribution in [3.8, 4) is 0 Å². The van der Waals surface area contributed by atoms with E-state index in [1.54, 1.807) is 6.07 Å². The monoisotopic (exact) mass is 326 g/mol. The van der Waals surface area contributed by atoms with Crippen LogP contribution in [0.25, 0.3) is 0 Å². The van der Waals surface area contributed by atoms with Crippen molar-refractivity contribution >= 4 is 15.9 Å². The summed E-state index contributed by atoms with van der Waals surface area (Å²) in [5, 5.41) is 3.38. The van der Waals surface area contributed by atoms with Crippen LogP contribution in [0.2, 0.25) is 0 Å². The second-order valence-corrected chi connectivity index (χ2v) is 6.42. The first-order valence-electron chi connectivity index (χ1n) is 7.16. The molecule has 0 radical (unpaired) electrons. The summed E-state index contributed by atoms with van der Waals surface area (Å²) in [4.78, 5) is 2.46. The first-order valence-corrected chi connectivity index (χ1v) is 7.95. The molecule has 3 rings (SSSR count). The molecule has 1 aromatic carbocycles. The fraction of sp³-hybridized carbons (Fsp3) is 0.600. The van der Waals surface area contributed by atoms with E-state index in [9.17, 15) is 4.39 Å². The van der Waals surface area contributed by atoms with Gasteiger partial charge in [0.2, 0.25) is 0 Å². The summed E-state index contributed by atoms with van der Waals surface area (Å²) in [7, 11) is 0. The highest BCUT2D eigenvalue weighted by Crippen LogP contribution is 2.43. The van der Waals surface area contributed by atoms with Crippen molar-refractivity contribution in [3.63, 3.8) is 0 Å². The molecule has 1 aliphatic carbocycles. The van der Waals surface area contributed by atoms with E-state index in [1.807, 2.05) is 12.1 Å². The number of halogens is 2. The molecule has 19 heavy (non-hydrogen) atoms. The molecule has 1 aliphatic heterocycles. The first-order chi connectivity index (χ1) is 9.27. The van der Waals surface area contributed by atoms with Gasteiger partial charge >= 0.3 is 0 Å². The Balaban J connectivity index is 1.91. The molecule has 1 saturated heterocycles. The second kappa shape index (κ2) is 5.90. The Bertz CT molecular complexity index is 442. The van der Waals surface area contributed by atoms with Crippen molar-refractivity contribution < 1.29 is 4.39 Å². The van der Waals surface area contributed by atoms with Crippen molar-refractivity contribution in [1.82, 2.24) is 10.2 Å². The van der Waals surface area contributed by atoms with E-state index in [-0.39, 0.29) is 11.9 Å². The molecule has 1 heterocycles. The fourth-order valence-electron chi connectivity index (χ4n) is 3.21. The van der Waals surface area contributed by atoms with E-state index in [0.29, 0.717) is 10.4 Å². The maximum absolute atomic E-state index is 14.4. The Morgan fingerprint density at radius 3 is 2.63 bits per heavy atom. The second-order valence-electron chi connectivity index (χ2n) is 5.56. The largest absolute Gasteiger partial charge is 0.314 e. The van der Waals surface area contributed by atoms with Gasteiger partial charge in [0.1, 0.15) is 5.82 Å². The van der Waals surface area contributed by atoms with Crippen LogP contribution in [-0.2, 0) is 0 Å². The lowest BCUT2D eigenvalue weighted by Gasteiger charge is -2.43. The van der Waals surface area contributed by atoms with Gasteiger partial charge in [-0.1, -0.05) is 18.6 Å². The highest BCUT2D eigenvalue weighted by Gasteiger charge is 2.35. The molecule has 104 valence electrons. The van der Waals surface area contributed by atoms with E-state index in [0.717, 1.165) is 31.7 Å². The predicted molar refractivity (Wildman–Crippen MR) is 78.6 cm³/mol. The number of nitrogens with zero attached hydrogens (tertiary/aromatic N) is 1. The van der Waals surface area contributed by atoms with E-state index in [1.165, 1.54) is 19.3 Å². The SMILES string of the molecule is Fc1c(Br)cccc1[C@@H](C1CCC1)N1CCNCC1. The fourth-order valence-corrected chi connectivity index (χ4v) is 3.60. The van der Waals surface area contributed by atoms with Crippen LogP contribution < -0.4 is 5.32 Å². The Morgan fingerprint density at radius 1 is 1.26 bits per heavy atom. The van der Waals surface area contributed by atoms with E-state index >= 15 is 0 Å². The van der Waals surface area contributed by atoms with Crippen molar-refractivity contribution in [1.29, 1.82) is 0 Å². The minimum atomic E-state index is -0.0714. The summed E-state index contributed by atoms with van der Waals surface area (Å²) in [5.41, 5.74) is 0.876. The van der Waals surface area contributed by atoms with Gasteiger partial charge in [0.15, 0.2) is 0 Å². The topological polar surface area (TPSA) is 15.3 Å². The Labute approximate surface area is 122 Å². The van der Waals surface area contributed by atoms with Crippen molar-refractivity contribution in [2.24, 2.45) is 5.92 Å². The highest BCUT2D eigenvalue weighted by atomic mass is 79.9. The van der Waals surface area contributed by atoms with Gasteiger partial charge in [-0.05, 0) is 40.8 Å². The molecular formula is C15H20BrFN2. The standard InChI is InChI=1S/C15H20BrFN2/c16-13-6-2-5-12(14(13)17)15(11-3-1-4-11)19-9-7-18-8-10-19/h2,5-6,11,15,18H,1,3-4,7-10H2/t15-/m1/s1. The number of piperazine rings is 1. The van der Waals surface area contributed by atoms with E-state index in [2.05, 4.69) is 26.1 Å². The molecule has 4 heteroatoms. The van der Waals surface area contributed by atoms with Crippen molar-refractivity contribution in [3.05, 3.63) is 34.1 Å². The van der Waals surface area contributed by atoms with Crippen LogP contribution in [0.1, 0.15) is 30.9 Å². The molecule has 0 aromatic heterocycles. The molecule has 1 saturated carbocycles. The number of hydrogen-bond donors (Lipinski definition) is 1. The summed E-state index contributed by atoms with van der Waals surface area (Å²) < 4.78 is 15.0. The number of hydrogen-bond acceptors (Lipinski definition) is 2. The number of nitrogens with one attached hydrogen (secondary N) is 1.